The Morgan fingerprint density at radius 1 is 1.29 bits per heavy atom. The molecule has 0 aliphatic carbocycles. The predicted octanol–water partition coefficient (Wildman–Crippen LogP) is 2.44. The maximum absolute atomic E-state index is 12.0. The molecule has 0 spiro atoms. The van der Waals surface area contributed by atoms with Crippen molar-refractivity contribution < 1.29 is 9.53 Å². The van der Waals surface area contributed by atoms with Crippen molar-refractivity contribution in [1.29, 1.82) is 0 Å². The zero-order valence-electron chi connectivity index (χ0n) is 18.2. The van der Waals surface area contributed by atoms with Crippen LogP contribution >= 0.6 is 0 Å². The number of nitrogens with zero attached hydrogens (tertiary/aromatic N) is 4. The molecule has 1 unspecified atom stereocenters. The van der Waals surface area contributed by atoms with Crippen molar-refractivity contribution in [3.05, 3.63) is 12.2 Å². The maximum Gasteiger partial charge on any atom is 0.407 e. The minimum Gasteiger partial charge on any atom is -0.444 e. The van der Waals surface area contributed by atoms with Crippen LogP contribution < -0.4 is 16.0 Å². The molecule has 1 amide bonds. The van der Waals surface area contributed by atoms with Crippen molar-refractivity contribution >= 4 is 12.1 Å². The highest BCUT2D eigenvalue weighted by molar-refractivity contribution is 5.80. The first-order valence-electron chi connectivity index (χ1n) is 10.2. The second kappa shape index (κ2) is 12.2. The van der Waals surface area contributed by atoms with Crippen LogP contribution in [0.1, 0.15) is 66.6 Å². The summed E-state index contributed by atoms with van der Waals surface area (Å²) in [6.07, 6.45) is 4.35. The minimum absolute atomic E-state index is 0.0503. The standard InChI is InChI=1S/C19H37N7O2/c1-7-10-11-15(12-22-18(27)28-19(4,5)6)24-17(20-8-2)21-13-16-25-23-14-26(16)9-3/h14-15H,7-13H2,1-6H3,(H,22,27)(H2,20,21,24). The lowest BCUT2D eigenvalue weighted by atomic mass is 10.1. The molecule has 0 saturated heterocycles. The van der Waals surface area contributed by atoms with Crippen LogP contribution in [0.5, 0.6) is 0 Å². The van der Waals surface area contributed by atoms with Crippen LogP contribution in [0.25, 0.3) is 0 Å². The molecule has 0 fully saturated rings. The molecule has 0 aliphatic heterocycles. The van der Waals surface area contributed by atoms with Gasteiger partial charge in [0.05, 0.1) is 0 Å². The average Bonchev–Trinajstić information content (AvgIpc) is 3.08. The molecule has 0 bridgehead atoms. The van der Waals surface area contributed by atoms with Gasteiger partial charge in [-0.3, -0.25) is 0 Å². The molecule has 1 atom stereocenters. The lowest BCUT2D eigenvalue weighted by Crippen LogP contribution is -2.49. The minimum atomic E-state index is -0.512. The molecule has 9 nitrogen and oxygen atoms in total. The van der Waals surface area contributed by atoms with Gasteiger partial charge in [0.1, 0.15) is 18.5 Å². The molecule has 1 heterocycles. The molecular formula is C19H37N7O2. The number of unbranched alkanes of at least 4 members (excludes halogenated alkanes) is 1. The number of ether oxygens (including phenoxy) is 1. The Balaban J connectivity index is 2.72. The number of aryl methyl sites for hydroxylation is 1. The molecule has 9 heteroatoms. The molecule has 1 aromatic heterocycles. The number of amides is 1. The third-order valence-corrected chi connectivity index (χ3v) is 3.90. The summed E-state index contributed by atoms with van der Waals surface area (Å²) < 4.78 is 7.29. The molecule has 160 valence electrons. The van der Waals surface area contributed by atoms with Gasteiger partial charge in [-0.2, -0.15) is 0 Å². The molecule has 0 aromatic carbocycles. The maximum atomic E-state index is 12.0. The number of nitrogens with one attached hydrogen (secondary N) is 3. The van der Waals surface area contributed by atoms with Gasteiger partial charge in [0, 0.05) is 25.7 Å². The number of aliphatic imine (C=N–C) groups is 1. The number of aromatic nitrogens is 3. The average molecular weight is 396 g/mol. The highest BCUT2D eigenvalue weighted by atomic mass is 16.6. The van der Waals surface area contributed by atoms with Gasteiger partial charge < -0.3 is 25.3 Å². The van der Waals surface area contributed by atoms with Crippen LogP contribution in [0.4, 0.5) is 4.79 Å². The zero-order chi connectivity index (χ0) is 21.0. The lowest BCUT2D eigenvalue weighted by Gasteiger charge is -2.24. The number of hydrogen-bond acceptors (Lipinski definition) is 5. The molecule has 28 heavy (non-hydrogen) atoms. The van der Waals surface area contributed by atoms with Crippen molar-refractivity contribution in [2.24, 2.45) is 4.99 Å². The first-order valence-corrected chi connectivity index (χ1v) is 10.2. The van der Waals surface area contributed by atoms with Gasteiger partial charge in [0.25, 0.3) is 0 Å². The summed E-state index contributed by atoms with van der Waals surface area (Å²) in [5.74, 6) is 1.51. The summed E-state index contributed by atoms with van der Waals surface area (Å²) in [5, 5.41) is 17.6. The van der Waals surface area contributed by atoms with E-state index in [1.165, 1.54) is 0 Å². The van der Waals surface area contributed by atoms with Gasteiger partial charge in [-0.15, -0.1) is 10.2 Å². The number of guanidine groups is 1. The topological polar surface area (TPSA) is 105 Å². The molecule has 1 aromatic rings. The largest absolute Gasteiger partial charge is 0.444 e. The van der Waals surface area contributed by atoms with Crippen LogP contribution in [0.3, 0.4) is 0 Å². The van der Waals surface area contributed by atoms with Crippen LogP contribution in [0, 0.1) is 0 Å². The lowest BCUT2D eigenvalue weighted by molar-refractivity contribution is 0.0523. The SMILES string of the molecule is CCCCC(CNC(=O)OC(C)(C)C)NC(=NCc1nncn1CC)NCC. The van der Waals surface area contributed by atoms with Crippen LogP contribution in [-0.2, 0) is 17.8 Å². The van der Waals surface area contributed by atoms with E-state index in [9.17, 15) is 4.79 Å². The summed E-state index contributed by atoms with van der Waals surface area (Å²) in [6.45, 7) is 14.2. The van der Waals surface area contributed by atoms with Crippen molar-refractivity contribution in [2.45, 2.75) is 85.5 Å². The molecule has 3 N–H and O–H groups in total. The number of rotatable bonds is 10. The fourth-order valence-electron chi connectivity index (χ4n) is 2.53. The van der Waals surface area contributed by atoms with E-state index in [0.29, 0.717) is 19.0 Å². The fourth-order valence-corrected chi connectivity index (χ4v) is 2.53. The normalized spacial score (nSPS) is 13.1. The monoisotopic (exact) mass is 395 g/mol. The van der Waals surface area contributed by atoms with Crippen LogP contribution in [0.15, 0.2) is 11.3 Å². The number of carbonyl (C=O) groups is 1. The second-order valence-electron chi connectivity index (χ2n) is 7.59. The third-order valence-electron chi connectivity index (χ3n) is 3.90. The van der Waals surface area contributed by atoms with Gasteiger partial charge >= 0.3 is 6.09 Å². The van der Waals surface area contributed by atoms with Crippen molar-refractivity contribution in [1.82, 2.24) is 30.7 Å². The van der Waals surface area contributed by atoms with Gasteiger partial charge in [-0.25, -0.2) is 9.79 Å². The first-order chi connectivity index (χ1) is 13.3. The zero-order valence-corrected chi connectivity index (χ0v) is 18.2. The molecule has 0 aliphatic rings. The van der Waals surface area contributed by atoms with Crippen molar-refractivity contribution in [3.8, 4) is 0 Å². The van der Waals surface area contributed by atoms with E-state index in [1.807, 2.05) is 39.2 Å². The highest BCUT2D eigenvalue weighted by Crippen LogP contribution is 2.07. The summed E-state index contributed by atoms with van der Waals surface area (Å²) in [7, 11) is 0. The van der Waals surface area contributed by atoms with E-state index in [0.717, 1.165) is 38.2 Å². The smallest absolute Gasteiger partial charge is 0.407 e. The van der Waals surface area contributed by atoms with E-state index in [1.54, 1.807) is 6.33 Å². The quantitative estimate of drug-likeness (QED) is 0.415. The number of carbonyl (C=O) groups excluding carboxylic acids is 1. The van der Waals surface area contributed by atoms with Crippen LogP contribution in [-0.4, -0.2) is 51.5 Å². The third kappa shape index (κ3) is 9.57. The van der Waals surface area contributed by atoms with E-state index < -0.39 is 11.7 Å². The highest BCUT2D eigenvalue weighted by Gasteiger charge is 2.18. The van der Waals surface area contributed by atoms with Gasteiger partial charge in [-0.05, 0) is 41.0 Å². The predicted molar refractivity (Wildman–Crippen MR) is 111 cm³/mol. The van der Waals surface area contributed by atoms with Gasteiger partial charge in [0.2, 0.25) is 0 Å². The van der Waals surface area contributed by atoms with E-state index >= 15 is 0 Å². The van der Waals surface area contributed by atoms with Crippen LogP contribution in [0.2, 0.25) is 0 Å². The summed E-state index contributed by atoms with van der Waals surface area (Å²) in [4.78, 5) is 16.6. The number of hydrogen-bond donors (Lipinski definition) is 3. The van der Waals surface area contributed by atoms with E-state index in [2.05, 4.69) is 38.1 Å². The molecule has 0 radical (unpaired) electrons. The second-order valence-corrected chi connectivity index (χ2v) is 7.59. The molecular weight excluding hydrogens is 358 g/mol. The Labute approximate surface area is 168 Å². The Bertz CT molecular complexity index is 608. The summed E-state index contributed by atoms with van der Waals surface area (Å²) in [6, 6.07) is 0.0503. The fraction of sp³-hybridized carbons (Fsp3) is 0.789. The summed E-state index contributed by atoms with van der Waals surface area (Å²) in [5.41, 5.74) is -0.512. The Hall–Kier alpha value is -2.32. The summed E-state index contributed by atoms with van der Waals surface area (Å²) >= 11 is 0. The molecule has 0 saturated carbocycles. The van der Waals surface area contributed by atoms with Gasteiger partial charge in [0.15, 0.2) is 11.8 Å². The number of alkyl carbamates (subject to hydrolysis) is 1. The van der Waals surface area contributed by atoms with E-state index in [-0.39, 0.29) is 6.04 Å². The Morgan fingerprint density at radius 2 is 2.04 bits per heavy atom. The first kappa shape index (κ1) is 23.7. The van der Waals surface area contributed by atoms with Gasteiger partial charge in [-0.1, -0.05) is 19.8 Å². The Morgan fingerprint density at radius 3 is 2.64 bits per heavy atom. The van der Waals surface area contributed by atoms with E-state index in [4.69, 9.17) is 4.74 Å². The molecule has 1 rings (SSSR count). The van der Waals surface area contributed by atoms with Crippen molar-refractivity contribution in [2.75, 3.05) is 13.1 Å². The Kier molecular flexibility index (Phi) is 10.3. The van der Waals surface area contributed by atoms with Crippen molar-refractivity contribution in [3.63, 3.8) is 0 Å².